The second-order valence-corrected chi connectivity index (χ2v) is 10.7. The van der Waals surface area contributed by atoms with E-state index in [-0.39, 0.29) is 29.3 Å². The molecule has 3 aromatic rings. The molecule has 2 fully saturated rings. The van der Waals surface area contributed by atoms with Gasteiger partial charge in [0.1, 0.15) is 0 Å². The van der Waals surface area contributed by atoms with Crippen molar-refractivity contribution in [3.05, 3.63) is 88.1 Å². The van der Waals surface area contributed by atoms with Crippen LogP contribution >= 0.6 is 0 Å². The van der Waals surface area contributed by atoms with Crippen LogP contribution in [0, 0.1) is 5.92 Å². The van der Waals surface area contributed by atoms with Crippen molar-refractivity contribution >= 4 is 5.91 Å². The van der Waals surface area contributed by atoms with Crippen LogP contribution in [0.15, 0.2) is 65.8 Å². The van der Waals surface area contributed by atoms with Gasteiger partial charge in [0.15, 0.2) is 0 Å². The maximum Gasteiger partial charge on any atom is 0.250 e. The second-order valence-electron chi connectivity index (χ2n) is 10.7. The van der Waals surface area contributed by atoms with Crippen LogP contribution < -0.4 is 10.9 Å². The van der Waals surface area contributed by atoms with Gasteiger partial charge in [-0.15, -0.1) is 0 Å². The number of hydrogen-bond donors (Lipinski definition) is 1. The Morgan fingerprint density at radius 1 is 1.13 bits per heavy atom. The highest BCUT2D eigenvalue weighted by molar-refractivity contribution is 5.81. The number of aromatic nitrogens is 2. The summed E-state index contributed by atoms with van der Waals surface area (Å²) in [5.74, 6) is 0.0578. The lowest BCUT2D eigenvalue weighted by Gasteiger charge is -2.36. The first kappa shape index (κ1) is 26.3. The number of nitrogens with zero attached hydrogens (tertiary/aromatic N) is 3. The van der Waals surface area contributed by atoms with Gasteiger partial charge in [0, 0.05) is 70.1 Å². The molecule has 5 rings (SSSR count). The van der Waals surface area contributed by atoms with Gasteiger partial charge in [-0.2, -0.15) is 0 Å². The van der Waals surface area contributed by atoms with E-state index in [1.807, 2.05) is 24.5 Å². The van der Waals surface area contributed by atoms with Gasteiger partial charge >= 0.3 is 0 Å². The summed E-state index contributed by atoms with van der Waals surface area (Å²) in [4.78, 5) is 32.9. The minimum absolute atomic E-state index is 0.0282. The zero-order chi connectivity index (χ0) is 26.5. The maximum absolute atomic E-state index is 14.1. The molecule has 1 saturated carbocycles. The lowest BCUT2D eigenvalue weighted by atomic mass is 9.80. The number of nitrogens with one attached hydrogen (secondary N) is 1. The fourth-order valence-corrected chi connectivity index (χ4v) is 5.61. The van der Waals surface area contributed by atoms with Gasteiger partial charge in [-0.05, 0) is 85.0 Å². The molecule has 1 aliphatic carbocycles. The van der Waals surface area contributed by atoms with E-state index in [4.69, 9.17) is 4.74 Å². The second kappa shape index (κ2) is 12.0. The Kier molecular flexibility index (Phi) is 8.35. The van der Waals surface area contributed by atoms with E-state index in [0.29, 0.717) is 13.1 Å². The molecule has 1 aliphatic heterocycles. The third-order valence-electron chi connectivity index (χ3n) is 7.84. The number of hydrogen-bond acceptors (Lipinski definition) is 5. The number of amides is 1. The predicted octanol–water partition coefficient (Wildman–Crippen LogP) is 3.91. The van der Waals surface area contributed by atoms with Crippen molar-refractivity contribution in [3.63, 3.8) is 0 Å². The van der Waals surface area contributed by atoms with E-state index >= 15 is 0 Å². The first-order chi connectivity index (χ1) is 18.5. The maximum atomic E-state index is 14.1. The van der Waals surface area contributed by atoms with Gasteiger partial charge in [-0.3, -0.25) is 14.6 Å². The van der Waals surface area contributed by atoms with Crippen LogP contribution in [-0.2, 0) is 29.5 Å². The molecular weight excluding hydrogens is 476 g/mol. The molecule has 0 radical (unpaired) electrons. The summed E-state index contributed by atoms with van der Waals surface area (Å²) in [6.07, 6.45) is 10.3. The summed E-state index contributed by atoms with van der Waals surface area (Å²) < 4.78 is 6.86. The van der Waals surface area contributed by atoms with Crippen molar-refractivity contribution in [2.45, 2.75) is 50.6 Å². The third-order valence-corrected chi connectivity index (χ3v) is 7.84. The van der Waals surface area contributed by atoms with Gasteiger partial charge in [0.05, 0.1) is 5.92 Å². The molecule has 3 heterocycles. The number of carbonyl (C=O) groups excluding carboxylic acids is 1. The van der Waals surface area contributed by atoms with Crippen LogP contribution in [0.5, 0.6) is 0 Å². The van der Waals surface area contributed by atoms with E-state index in [0.717, 1.165) is 67.5 Å². The molecule has 0 spiro atoms. The molecule has 1 aromatic carbocycles. The number of pyridine rings is 2. The molecule has 1 saturated heterocycles. The van der Waals surface area contributed by atoms with Crippen LogP contribution in [-0.4, -0.2) is 53.2 Å². The van der Waals surface area contributed by atoms with Crippen molar-refractivity contribution in [3.8, 4) is 11.1 Å². The number of benzene rings is 1. The Morgan fingerprint density at radius 3 is 2.71 bits per heavy atom. The minimum Gasteiger partial charge on any atom is -0.385 e. The highest BCUT2D eigenvalue weighted by Gasteiger charge is 2.40. The molecule has 2 atom stereocenters. The largest absolute Gasteiger partial charge is 0.385 e. The normalized spacial score (nSPS) is 19.3. The lowest BCUT2D eigenvalue weighted by Crippen LogP contribution is -2.47. The van der Waals surface area contributed by atoms with Crippen molar-refractivity contribution in [1.82, 2.24) is 19.8 Å². The summed E-state index contributed by atoms with van der Waals surface area (Å²) in [5, 5.41) is 3.44. The van der Waals surface area contributed by atoms with Gasteiger partial charge in [0.25, 0.3) is 5.56 Å². The first-order valence-corrected chi connectivity index (χ1v) is 13.7. The fourth-order valence-electron chi connectivity index (χ4n) is 5.61. The number of rotatable bonds is 10. The highest BCUT2D eigenvalue weighted by atomic mass is 16.5. The average molecular weight is 515 g/mol. The third kappa shape index (κ3) is 6.22. The zero-order valence-electron chi connectivity index (χ0n) is 22.4. The van der Waals surface area contributed by atoms with Crippen molar-refractivity contribution in [2.75, 3.05) is 26.8 Å². The highest BCUT2D eigenvalue weighted by Crippen LogP contribution is 2.36. The van der Waals surface area contributed by atoms with E-state index in [1.54, 1.807) is 31.0 Å². The standard InChI is InChI=1S/C31H38N4O3/c1-34-13-10-24(18-30(34)36)28-9-12-33-20-29(28)31(37)35(27-7-8-27)21-23-15-22(5-4-14-38-2)16-26(17-23)25-6-3-11-32-19-25/h3,6,10-11,13,15-19,27-29,33H,4-5,7-9,12,14,20-21H2,1-2H3/t28-,29?/m1/s1. The topological polar surface area (TPSA) is 76.5 Å². The summed E-state index contributed by atoms with van der Waals surface area (Å²) in [7, 11) is 3.49. The molecular formula is C31H38N4O3. The predicted molar refractivity (Wildman–Crippen MR) is 149 cm³/mol. The molecule has 7 nitrogen and oxygen atoms in total. The van der Waals surface area contributed by atoms with Crippen molar-refractivity contribution in [1.29, 1.82) is 0 Å². The van der Waals surface area contributed by atoms with E-state index in [1.165, 1.54) is 5.56 Å². The monoisotopic (exact) mass is 514 g/mol. The molecule has 1 N–H and O–H groups in total. The minimum atomic E-state index is -0.181. The summed E-state index contributed by atoms with van der Waals surface area (Å²) in [6, 6.07) is 14.7. The molecule has 0 bridgehead atoms. The lowest BCUT2D eigenvalue weighted by molar-refractivity contribution is -0.138. The molecule has 38 heavy (non-hydrogen) atoms. The average Bonchev–Trinajstić information content (AvgIpc) is 3.79. The van der Waals surface area contributed by atoms with Gasteiger partial charge in [-0.1, -0.05) is 18.2 Å². The van der Waals surface area contributed by atoms with Gasteiger partial charge in [0.2, 0.25) is 5.91 Å². The molecule has 7 heteroatoms. The Bertz CT molecular complexity index is 1300. The van der Waals surface area contributed by atoms with E-state index in [9.17, 15) is 9.59 Å². The van der Waals surface area contributed by atoms with Crippen molar-refractivity contribution in [2.24, 2.45) is 13.0 Å². The van der Waals surface area contributed by atoms with E-state index < -0.39 is 0 Å². The first-order valence-electron chi connectivity index (χ1n) is 13.7. The van der Waals surface area contributed by atoms with Crippen LogP contribution in [0.2, 0.25) is 0 Å². The Morgan fingerprint density at radius 2 is 1.97 bits per heavy atom. The van der Waals surface area contributed by atoms with Gasteiger partial charge < -0.3 is 19.5 Å². The Labute approximate surface area is 224 Å². The molecule has 1 amide bonds. The van der Waals surface area contributed by atoms with E-state index in [2.05, 4.69) is 39.5 Å². The SMILES string of the molecule is COCCCc1cc(CN(C(=O)C2CNCC[C@@H]2c2ccn(C)c(=O)c2)C2CC2)cc(-c2cccnc2)c1. The Hall–Kier alpha value is -3.29. The molecule has 2 aromatic heterocycles. The van der Waals surface area contributed by atoms with Crippen LogP contribution in [0.25, 0.3) is 11.1 Å². The molecule has 2 aliphatic rings. The number of aryl methyl sites for hydroxylation is 2. The molecule has 200 valence electrons. The van der Waals surface area contributed by atoms with Crippen LogP contribution in [0.1, 0.15) is 48.3 Å². The zero-order valence-corrected chi connectivity index (χ0v) is 22.4. The van der Waals surface area contributed by atoms with Crippen LogP contribution in [0.4, 0.5) is 0 Å². The van der Waals surface area contributed by atoms with Crippen molar-refractivity contribution < 1.29 is 9.53 Å². The number of carbonyl (C=O) groups is 1. The fraction of sp³-hybridized carbons (Fsp3) is 0.452. The quantitative estimate of drug-likeness (QED) is 0.415. The number of ether oxygens (including phenoxy) is 1. The molecule has 1 unspecified atom stereocenters. The van der Waals surface area contributed by atoms with Gasteiger partial charge in [-0.25, -0.2) is 0 Å². The number of piperidine rings is 1. The summed E-state index contributed by atoms with van der Waals surface area (Å²) in [5.41, 5.74) is 5.55. The summed E-state index contributed by atoms with van der Waals surface area (Å²) in [6.45, 7) is 2.80. The summed E-state index contributed by atoms with van der Waals surface area (Å²) >= 11 is 0. The van der Waals surface area contributed by atoms with Crippen LogP contribution in [0.3, 0.4) is 0 Å². The number of methoxy groups -OCH3 is 1. The Balaban J connectivity index is 1.42. The smallest absolute Gasteiger partial charge is 0.250 e.